The van der Waals surface area contributed by atoms with E-state index in [2.05, 4.69) is 24.4 Å². The predicted molar refractivity (Wildman–Crippen MR) is 97.9 cm³/mol. The van der Waals surface area contributed by atoms with Crippen LogP contribution in [0.25, 0.3) is 0 Å². The topological polar surface area (TPSA) is 56.8 Å². The molecule has 134 valence electrons. The van der Waals surface area contributed by atoms with Crippen molar-refractivity contribution in [3.8, 4) is 5.75 Å². The number of benzene rings is 2. The number of para-hydroxylation sites is 1. The van der Waals surface area contributed by atoms with Crippen molar-refractivity contribution in [3.05, 3.63) is 60.2 Å². The minimum Gasteiger partial charge on any atom is -0.468 e. The van der Waals surface area contributed by atoms with E-state index in [1.807, 2.05) is 30.3 Å². The van der Waals surface area contributed by atoms with Gasteiger partial charge in [0.1, 0.15) is 12.4 Å². The first kappa shape index (κ1) is 18.8. The third-order valence-electron chi connectivity index (χ3n) is 3.53. The molecule has 0 aliphatic rings. The fraction of sp³-hybridized carbons (Fsp3) is 0.350. The van der Waals surface area contributed by atoms with Crippen LogP contribution in [-0.4, -0.2) is 26.1 Å². The van der Waals surface area contributed by atoms with E-state index in [1.165, 1.54) is 18.4 Å². The molecular formula is C20H25NO4. The Morgan fingerprint density at radius 3 is 2.48 bits per heavy atom. The van der Waals surface area contributed by atoms with E-state index < -0.39 is 6.09 Å². The van der Waals surface area contributed by atoms with Gasteiger partial charge in [0.25, 0.3) is 0 Å². The van der Waals surface area contributed by atoms with E-state index in [1.54, 1.807) is 12.1 Å². The van der Waals surface area contributed by atoms with E-state index in [9.17, 15) is 4.79 Å². The summed E-state index contributed by atoms with van der Waals surface area (Å²) < 4.78 is 15.8. The van der Waals surface area contributed by atoms with E-state index in [0.29, 0.717) is 5.69 Å². The SMILES string of the molecule is CCCCc1ccc(OCOCCOC(=O)Nc2ccccc2)cc1. The number of carbonyl (C=O) groups is 1. The quantitative estimate of drug-likeness (QED) is 0.505. The second-order valence-electron chi connectivity index (χ2n) is 5.54. The number of unbranched alkanes of at least 4 members (excludes halogenated alkanes) is 1. The molecule has 0 heterocycles. The third-order valence-corrected chi connectivity index (χ3v) is 3.53. The van der Waals surface area contributed by atoms with Crippen molar-refractivity contribution in [2.75, 3.05) is 25.3 Å². The van der Waals surface area contributed by atoms with Crippen molar-refractivity contribution in [3.63, 3.8) is 0 Å². The number of amides is 1. The zero-order valence-corrected chi connectivity index (χ0v) is 14.6. The van der Waals surface area contributed by atoms with Gasteiger partial charge < -0.3 is 14.2 Å². The highest BCUT2D eigenvalue weighted by Gasteiger charge is 2.02. The van der Waals surface area contributed by atoms with Gasteiger partial charge in [0.2, 0.25) is 0 Å². The fourth-order valence-corrected chi connectivity index (χ4v) is 2.17. The fourth-order valence-electron chi connectivity index (χ4n) is 2.17. The first-order valence-corrected chi connectivity index (χ1v) is 8.56. The van der Waals surface area contributed by atoms with Crippen LogP contribution in [0, 0.1) is 0 Å². The number of carbonyl (C=O) groups excluding carboxylic acids is 1. The summed E-state index contributed by atoms with van der Waals surface area (Å²) in [5.74, 6) is 0.767. The molecule has 0 spiro atoms. The molecule has 0 aromatic heterocycles. The molecule has 2 rings (SSSR count). The van der Waals surface area contributed by atoms with Crippen LogP contribution in [0.4, 0.5) is 10.5 Å². The van der Waals surface area contributed by atoms with Crippen LogP contribution in [0.1, 0.15) is 25.3 Å². The van der Waals surface area contributed by atoms with Crippen LogP contribution in [0.2, 0.25) is 0 Å². The van der Waals surface area contributed by atoms with Gasteiger partial charge in [0, 0.05) is 5.69 Å². The normalized spacial score (nSPS) is 10.3. The van der Waals surface area contributed by atoms with Crippen LogP contribution < -0.4 is 10.1 Å². The standard InChI is InChI=1S/C20H25NO4/c1-2-3-7-17-10-12-19(13-11-17)25-16-23-14-15-24-20(22)21-18-8-5-4-6-9-18/h4-6,8-13H,2-3,7,14-16H2,1H3,(H,21,22). The Morgan fingerprint density at radius 1 is 1.00 bits per heavy atom. The summed E-state index contributed by atoms with van der Waals surface area (Å²) in [5.41, 5.74) is 2.01. The lowest BCUT2D eigenvalue weighted by Gasteiger charge is -2.09. The van der Waals surface area contributed by atoms with E-state index in [0.717, 1.165) is 12.2 Å². The van der Waals surface area contributed by atoms with Gasteiger partial charge >= 0.3 is 6.09 Å². The minimum atomic E-state index is -0.501. The Labute approximate surface area is 148 Å². The van der Waals surface area contributed by atoms with Gasteiger partial charge in [0.15, 0.2) is 6.79 Å². The minimum absolute atomic E-state index is 0.123. The number of hydrogen-bond donors (Lipinski definition) is 1. The molecule has 2 aromatic rings. The Hall–Kier alpha value is -2.53. The molecule has 25 heavy (non-hydrogen) atoms. The number of ether oxygens (including phenoxy) is 3. The summed E-state index contributed by atoms with van der Waals surface area (Å²) in [6.07, 6.45) is 2.98. The molecule has 0 saturated heterocycles. The van der Waals surface area contributed by atoms with Crippen molar-refractivity contribution in [2.45, 2.75) is 26.2 Å². The molecule has 5 nitrogen and oxygen atoms in total. The molecule has 1 N–H and O–H groups in total. The van der Waals surface area contributed by atoms with Crippen LogP contribution in [0.15, 0.2) is 54.6 Å². The van der Waals surface area contributed by atoms with Crippen molar-refractivity contribution in [2.24, 2.45) is 0 Å². The Kier molecular flexibility index (Phi) is 8.35. The van der Waals surface area contributed by atoms with Crippen molar-refractivity contribution >= 4 is 11.8 Å². The summed E-state index contributed by atoms with van der Waals surface area (Å²) in [6, 6.07) is 17.2. The summed E-state index contributed by atoms with van der Waals surface area (Å²) >= 11 is 0. The van der Waals surface area contributed by atoms with Crippen molar-refractivity contribution < 1.29 is 19.0 Å². The maximum absolute atomic E-state index is 11.6. The molecule has 0 radical (unpaired) electrons. The number of anilines is 1. The van der Waals surface area contributed by atoms with Crippen LogP contribution in [0.3, 0.4) is 0 Å². The molecule has 0 fully saturated rings. The average Bonchev–Trinajstić information content (AvgIpc) is 2.64. The zero-order valence-electron chi connectivity index (χ0n) is 14.6. The second-order valence-corrected chi connectivity index (χ2v) is 5.54. The average molecular weight is 343 g/mol. The Morgan fingerprint density at radius 2 is 1.76 bits per heavy atom. The molecular weight excluding hydrogens is 318 g/mol. The molecule has 0 saturated carbocycles. The monoisotopic (exact) mass is 343 g/mol. The smallest absolute Gasteiger partial charge is 0.411 e. The molecule has 5 heteroatoms. The van der Waals surface area contributed by atoms with Gasteiger partial charge in [-0.1, -0.05) is 43.7 Å². The molecule has 0 aliphatic carbocycles. The highest BCUT2D eigenvalue weighted by Crippen LogP contribution is 2.13. The summed E-state index contributed by atoms with van der Waals surface area (Å²) in [7, 11) is 0. The summed E-state index contributed by atoms with van der Waals surface area (Å²) in [5, 5.41) is 2.63. The maximum Gasteiger partial charge on any atom is 0.411 e. The van der Waals surface area contributed by atoms with Gasteiger partial charge in [0.05, 0.1) is 6.61 Å². The number of hydrogen-bond acceptors (Lipinski definition) is 4. The number of nitrogens with one attached hydrogen (secondary N) is 1. The predicted octanol–water partition coefficient (Wildman–Crippen LogP) is 4.63. The number of rotatable bonds is 10. The lowest BCUT2D eigenvalue weighted by Crippen LogP contribution is -2.17. The van der Waals surface area contributed by atoms with E-state index in [4.69, 9.17) is 14.2 Å². The highest BCUT2D eigenvalue weighted by atomic mass is 16.7. The second kappa shape index (κ2) is 11.1. The third kappa shape index (κ3) is 7.72. The maximum atomic E-state index is 11.6. The van der Waals surface area contributed by atoms with E-state index >= 15 is 0 Å². The highest BCUT2D eigenvalue weighted by molar-refractivity contribution is 5.84. The molecule has 0 atom stereocenters. The number of aryl methyl sites for hydroxylation is 1. The van der Waals surface area contributed by atoms with Crippen molar-refractivity contribution in [1.82, 2.24) is 0 Å². The molecule has 1 amide bonds. The van der Waals surface area contributed by atoms with Gasteiger partial charge in [-0.05, 0) is 42.7 Å². The Balaban J connectivity index is 1.53. The molecule has 0 bridgehead atoms. The molecule has 0 aliphatic heterocycles. The van der Waals surface area contributed by atoms with Gasteiger partial charge in [-0.15, -0.1) is 0 Å². The Bertz CT molecular complexity index is 613. The van der Waals surface area contributed by atoms with Gasteiger partial charge in [-0.25, -0.2) is 4.79 Å². The largest absolute Gasteiger partial charge is 0.468 e. The lowest BCUT2D eigenvalue weighted by atomic mass is 10.1. The summed E-state index contributed by atoms with van der Waals surface area (Å²) in [6.45, 7) is 2.75. The lowest BCUT2D eigenvalue weighted by molar-refractivity contribution is -0.00332. The first-order chi connectivity index (χ1) is 12.3. The zero-order chi connectivity index (χ0) is 17.7. The van der Waals surface area contributed by atoms with Gasteiger partial charge in [-0.2, -0.15) is 0 Å². The van der Waals surface area contributed by atoms with Crippen LogP contribution in [-0.2, 0) is 15.9 Å². The summed E-state index contributed by atoms with van der Waals surface area (Å²) in [4.78, 5) is 11.6. The van der Waals surface area contributed by atoms with Crippen LogP contribution in [0.5, 0.6) is 5.75 Å². The first-order valence-electron chi connectivity index (χ1n) is 8.56. The van der Waals surface area contributed by atoms with Crippen molar-refractivity contribution in [1.29, 1.82) is 0 Å². The van der Waals surface area contributed by atoms with E-state index in [-0.39, 0.29) is 20.0 Å². The van der Waals surface area contributed by atoms with Crippen LogP contribution >= 0.6 is 0 Å². The van der Waals surface area contributed by atoms with Gasteiger partial charge in [-0.3, -0.25) is 5.32 Å². The molecule has 0 unspecified atom stereocenters. The molecule has 2 aromatic carbocycles.